The summed E-state index contributed by atoms with van der Waals surface area (Å²) in [4.78, 5) is 18.5. The maximum absolute atomic E-state index is 13.8. The zero-order chi connectivity index (χ0) is 24.9. The summed E-state index contributed by atoms with van der Waals surface area (Å²) in [5.41, 5.74) is 2.60. The van der Waals surface area contributed by atoms with Crippen molar-refractivity contribution in [3.8, 4) is 11.5 Å². The van der Waals surface area contributed by atoms with Gasteiger partial charge in [0.15, 0.2) is 0 Å². The van der Waals surface area contributed by atoms with Crippen LogP contribution in [-0.4, -0.2) is 40.1 Å². The Morgan fingerprint density at radius 2 is 2.03 bits per heavy atom. The van der Waals surface area contributed by atoms with E-state index in [2.05, 4.69) is 38.5 Å². The minimum atomic E-state index is -0.552. The number of hydrogen-bond acceptors (Lipinski definition) is 7. The number of nitrogens with one attached hydrogen (secondary N) is 2. The van der Waals surface area contributed by atoms with Crippen molar-refractivity contribution >= 4 is 45.2 Å². The number of halogens is 1. The van der Waals surface area contributed by atoms with Crippen molar-refractivity contribution in [3.63, 3.8) is 0 Å². The second-order valence-corrected chi connectivity index (χ2v) is 9.82. The van der Waals surface area contributed by atoms with Crippen LogP contribution in [0.5, 0.6) is 11.5 Å². The molecule has 0 radical (unpaired) electrons. The van der Waals surface area contributed by atoms with Gasteiger partial charge in [-0.05, 0) is 50.6 Å². The molecule has 1 aliphatic heterocycles. The summed E-state index contributed by atoms with van der Waals surface area (Å²) in [5, 5.41) is 11.7. The maximum atomic E-state index is 13.8. The molecule has 2 N–H and O–H groups in total. The quantitative estimate of drug-likeness (QED) is 0.317. The van der Waals surface area contributed by atoms with E-state index in [4.69, 9.17) is 14.6 Å². The van der Waals surface area contributed by atoms with Gasteiger partial charge in [0.1, 0.15) is 17.5 Å². The van der Waals surface area contributed by atoms with Gasteiger partial charge in [-0.25, -0.2) is 4.68 Å². The predicted octanol–water partition coefficient (Wildman–Crippen LogP) is 5.88. The van der Waals surface area contributed by atoms with Crippen LogP contribution in [-0.2, 0) is 4.79 Å². The molecule has 0 saturated carbocycles. The molecule has 1 aromatic heterocycles. The van der Waals surface area contributed by atoms with Crippen LogP contribution in [0.15, 0.2) is 63.4 Å². The molecule has 0 spiro atoms. The molecule has 4 rings (SSSR count). The Morgan fingerprint density at radius 3 is 2.77 bits per heavy atom. The fourth-order valence-corrected chi connectivity index (χ4v) is 4.99. The van der Waals surface area contributed by atoms with Crippen LogP contribution in [0.3, 0.4) is 0 Å². The third kappa shape index (κ3) is 5.33. The number of rotatable bonds is 9. The topological polar surface area (TPSA) is 90.3 Å². The van der Waals surface area contributed by atoms with Gasteiger partial charge in [0.05, 0.1) is 25.0 Å². The van der Waals surface area contributed by atoms with Gasteiger partial charge in [-0.15, -0.1) is 5.10 Å². The largest absolute Gasteiger partial charge is 0.495 e. The number of anilines is 2. The van der Waals surface area contributed by atoms with Crippen LogP contribution in [0.4, 0.5) is 11.6 Å². The highest BCUT2D eigenvalue weighted by molar-refractivity contribution is 9.10. The SMILES string of the molecule is CCCSc1nc2n(n1)C(c1cc(Br)ccc1OCC)C(C(=O)Nc1ccccc1OC)=C(C)N2. The fourth-order valence-electron chi connectivity index (χ4n) is 3.93. The van der Waals surface area contributed by atoms with Gasteiger partial charge in [0.25, 0.3) is 5.91 Å². The number of fused-ring (bicyclic) bond motifs is 1. The molecule has 8 nitrogen and oxygen atoms in total. The summed E-state index contributed by atoms with van der Waals surface area (Å²) in [6.45, 7) is 6.42. The van der Waals surface area contributed by atoms with Crippen molar-refractivity contribution in [2.45, 2.75) is 38.4 Å². The van der Waals surface area contributed by atoms with Crippen LogP contribution in [0, 0.1) is 0 Å². The number of benzene rings is 2. The lowest BCUT2D eigenvalue weighted by Crippen LogP contribution is -2.32. The average Bonchev–Trinajstić information content (AvgIpc) is 3.25. The normalized spacial score (nSPS) is 14.8. The van der Waals surface area contributed by atoms with E-state index < -0.39 is 6.04 Å². The van der Waals surface area contributed by atoms with Crippen LogP contribution in [0.2, 0.25) is 0 Å². The van der Waals surface area contributed by atoms with Crippen molar-refractivity contribution in [2.24, 2.45) is 0 Å². The van der Waals surface area contributed by atoms with Gasteiger partial charge in [-0.1, -0.05) is 46.7 Å². The predicted molar refractivity (Wildman–Crippen MR) is 142 cm³/mol. The van der Waals surface area contributed by atoms with Crippen molar-refractivity contribution in [1.29, 1.82) is 0 Å². The second-order valence-electron chi connectivity index (χ2n) is 7.85. The standard InChI is InChI=1S/C25H28BrN5O3S/c1-5-13-35-25-29-24-27-15(3)21(23(32)28-18-9-7-8-10-20(18)33-4)22(31(24)30-25)17-14-16(26)11-12-19(17)34-6-2/h7-12,14,22H,5-6,13H2,1-4H3,(H,28,32)(H,27,29,30). The Bertz CT molecular complexity index is 1260. The Balaban J connectivity index is 1.83. The highest BCUT2D eigenvalue weighted by Gasteiger charge is 2.36. The van der Waals surface area contributed by atoms with Crippen molar-refractivity contribution in [2.75, 3.05) is 30.1 Å². The summed E-state index contributed by atoms with van der Waals surface area (Å²) in [6, 6.07) is 12.6. The van der Waals surface area contributed by atoms with Crippen LogP contribution >= 0.6 is 27.7 Å². The maximum Gasteiger partial charge on any atom is 0.255 e. The molecule has 2 heterocycles. The smallest absolute Gasteiger partial charge is 0.255 e. The summed E-state index contributed by atoms with van der Waals surface area (Å²) in [7, 11) is 1.58. The zero-order valence-electron chi connectivity index (χ0n) is 20.1. The van der Waals surface area contributed by atoms with Crippen molar-refractivity contribution in [1.82, 2.24) is 14.8 Å². The molecule has 0 bridgehead atoms. The number of para-hydroxylation sites is 2. The minimum Gasteiger partial charge on any atom is -0.495 e. The number of nitrogens with zero attached hydrogens (tertiary/aromatic N) is 3. The molecular weight excluding hydrogens is 530 g/mol. The molecule has 0 saturated heterocycles. The first kappa shape index (κ1) is 25.1. The second kappa shape index (κ2) is 11.2. The monoisotopic (exact) mass is 557 g/mol. The van der Waals surface area contributed by atoms with E-state index in [1.807, 2.05) is 56.3 Å². The molecule has 10 heteroatoms. The summed E-state index contributed by atoms with van der Waals surface area (Å²) >= 11 is 5.17. The first-order chi connectivity index (χ1) is 17.0. The minimum absolute atomic E-state index is 0.268. The first-order valence-corrected chi connectivity index (χ1v) is 13.2. The number of hydrogen-bond donors (Lipinski definition) is 2. The third-order valence-electron chi connectivity index (χ3n) is 5.43. The van der Waals surface area contributed by atoms with E-state index in [1.54, 1.807) is 23.6 Å². The lowest BCUT2D eigenvalue weighted by molar-refractivity contribution is -0.113. The Labute approximate surface area is 217 Å². The molecule has 1 aliphatic rings. The molecular formula is C25H28BrN5O3S. The third-order valence-corrected chi connectivity index (χ3v) is 6.97. The van der Waals surface area contributed by atoms with E-state index in [1.165, 1.54) is 0 Å². The molecule has 3 aromatic rings. The highest BCUT2D eigenvalue weighted by atomic mass is 79.9. The number of carbonyl (C=O) groups is 1. The lowest BCUT2D eigenvalue weighted by atomic mass is 9.94. The zero-order valence-corrected chi connectivity index (χ0v) is 22.5. The lowest BCUT2D eigenvalue weighted by Gasteiger charge is -2.30. The van der Waals surface area contributed by atoms with Crippen LogP contribution in [0.1, 0.15) is 38.8 Å². The highest BCUT2D eigenvalue weighted by Crippen LogP contribution is 2.41. The molecule has 184 valence electrons. The summed E-state index contributed by atoms with van der Waals surface area (Å²) in [6.07, 6.45) is 1.01. The van der Waals surface area contributed by atoms with Gasteiger partial charge in [0.2, 0.25) is 11.1 Å². The molecule has 2 aromatic carbocycles. The van der Waals surface area contributed by atoms with Gasteiger partial charge in [-0.2, -0.15) is 4.98 Å². The van der Waals surface area contributed by atoms with E-state index in [-0.39, 0.29) is 5.91 Å². The average molecular weight is 559 g/mol. The summed E-state index contributed by atoms with van der Waals surface area (Å²) < 4.78 is 14.0. The first-order valence-electron chi connectivity index (χ1n) is 11.4. The number of ether oxygens (including phenoxy) is 2. The Morgan fingerprint density at radius 1 is 1.23 bits per heavy atom. The molecule has 0 fully saturated rings. The van der Waals surface area contributed by atoms with E-state index in [0.717, 1.165) is 22.2 Å². The van der Waals surface area contributed by atoms with Gasteiger partial charge < -0.3 is 20.1 Å². The Hall–Kier alpha value is -2.98. The molecule has 0 aliphatic carbocycles. The number of aromatic nitrogens is 3. The number of allylic oxidation sites excluding steroid dienone is 1. The van der Waals surface area contributed by atoms with E-state index >= 15 is 0 Å². The molecule has 1 unspecified atom stereocenters. The van der Waals surface area contributed by atoms with Gasteiger partial charge >= 0.3 is 0 Å². The number of amides is 1. The number of carbonyl (C=O) groups excluding carboxylic acids is 1. The van der Waals surface area contributed by atoms with Gasteiger partial charge in [-0.3, -0.25) is 4.79 Å². The molecule has 1 atom stereocenters. The van der Waals surface area contributed by atoms with E-state index in [0.29, 0.717) is 46.2 Å². The number of methoxy groups -OCH3 is 1. The Kier molecular flexibility index (Phi) is 8.02. The number of thioether (sulfide) groups is 1. The van der Waals surface area contributed by atoms with Crippen LogP contribution < -0.4 is 20.1 Å². The van der Waals surface area contributed by atoms with Gasteiger partial charge in [0, 0.05) is 21.5 Å². The molecule has 1 amide bonds. The van der Waals surface area contributed by atoms with Crippen molar-refractivity contribution in [3.05, 3.63) is 63.8 Å². The summed E-state index contributed by atoms with van der Waals surface area (Å²) in [5.74, 6) is 2.49. The van der Waals surface area contributed by atoms with Crippen molar-refractivity contribution < 1.29 is 14.3 Å². The fraction of sp³-hybridized carbons (Fsp3) is 0.320. The van der Waals surface area contributed by atoms with Crippen LogP contribution in [0.25, 0.3) is 0 Å². The molecule has 35 heavy (non-hydrogen) atoms. The van der Waals surface area contributed by atoms with E-state index in [9.17, 15) is 4.79 Å².